The Bertz CT molecular complexity index is 467. The normalized spacial score (nSPS) is 11.0. The number of amides is 1. The molecular weight excluding hydrogens is 279 g/mol. The van der Waals surface area contributed by atoms with E-state index in [9.17, 15) is 18.0 Å². The maximum absolute atomic E-state index is 12.6. The maximum atomic E-state index is 12.6. The predicted molar refractivity (Wildman–Crippen MR) is 65.2 cm³/mol. The highest BCUT2D eigenvalue weighted by Gasteiger charge is 2.35. The maximum Gasteiger partial charge on any atom is 0.451 e. The molecule has 0 radical (unpaired) electrons. The van der Waals surface area contributed by atoms with Gasteiger partial charge in [-0.25, -0.2) is 14.8 Å². The second-order valence-corrected chi connectivity index (χ2v) is 3.58. The Morgan fingerprint density at radius 3 is 2.45 bits per heavy atom. The summed E-state index contributed by atoms with van der Waals surface area (Å²) in [6.07, 6.45) is -5.61. The molecule has 0 aliphatic rings. The van der Waals surface area contributed by atoms with Crippen LogP contribution in [0.4, 0.5) is 29.6 Å². The fourth-order valence-electron chi connectivity index (χ4n) is 1.27. The number of aromatic nitrogens is 2. The highest BCUT2D eigenvalue weighted by Crippen LogP contribution is 2.28. The van der Waals surface area contributed by atoms with Crippen molar-refractivity contribution in [2.75, 3.05) is 30.3 Å². The number of nitrogens with zero attached hydrogens (tertiary/aromatic N) is 2. The Morgan fingerprint density at radius 1 is 1.35 bits per heavy atom. The number of carbonyl (C=O) groups excluding carboxylic acids is 1. The van der Waals surface area contributed by atoms with E-state index in [1.165, 1.54) is 6.07 Å². The summed E-state index contributed by atoms with van der Waals surface area (Å²) in [5.74, 6) is -1.24. The van der Waals surface area contributed by atoms with E-state index in [0.717, 1.165) is 0 Å². The quantitative estimate of drug-likeness (QED) is 0.686. The molecule has 0 bridgehead atoms. The van der Waals surface area contributed by atoms with Gasteiger partial charge >= 0.3 is 12.3 Å². The Morgan fingerprint density at radius 2 is 1.95 bits per heavy atom. The van der Waals surface area contributed by atoms with Crippen LogP contribution in [0, 0.1) is 0 Å². The molecule has 0 aliphatic carbocycles. The van der Waals surface area contributed by atoms with Gasteiger partial charge in [0.2, 0.25) is 5.82 Å². The molecule has 7 nitrogen and oxygen atoms in total. The number of hydrogen-bond donors (Lipinski definition) is 3. The molecule has 0 unspecified atom stereocenters. The molecule has 4 N–H and O–H groups in total. The van der Waals surface area contributed by atoms with E-state index in [-0.39, 0.29) is 24.8 Å². The number of carbonyl (C=O) groups is 1. The molecule has 10 heteroatoms. The van der Waals surface area contributed by atoms with Crippen molar-refractivity contribution >= 4 is 17.7 Å². The lowest BCUT2D eigenvalue weighted by Crippen LogP contribution is -2.20. The van der Waals surface area contributed by atoms with Crippen LogP contribution in [-0.2, 0) is 10.9 Å². The molecule has 0 aromatic carbocycles. The van der Waals surface area contributed by atoms with Crippen LogP contribution in [0.25, 0.3) is 0 Å². The number of ether oxygens (including phenoxy) is 1. The highest BCUT2D eigenvalue weighted by molar-refractivity contribution is 5.64. The predicted octanol–water partition coefficient (Wildman–Crippen LogP) is 1.43. The standard InChI is InChI=1S/C10H14F3N5O2/c1-2-15-6-5-7(16-3-4-20-9(14)19)18-8(17-6)10(11,12)13/h5H,2-4H2,1H3,(H2,14,19)(H2,15,16,17,18). The minimum atomic E-state index is -4.65. The average molecular weight is 293 g/mol. The van der Waals surface area contributed by atoms with Crippen LogP contribution >= 0.6 is 0 Å². The molecule has 112 valence electrons. The summed E-state index contributed by atoms with van der Waals surface area (Å²) in [4.78, 5) is 17.0. The molecule has 1 aromatic rings. The summed E-state index contributed by atoms with van der Waals surface area (Å²) < 4.78 is 42.3. The van der Waals surface area contributed by atoms with E-state index in [4.69, 9.17) is 5.73 Å². The Labute approximate surface area is 112 Å². The van der Waals surface area contributed by atoms with E-state index in [1.54, 1.807) is 6.92 Å². The SMILES string of the molecule is CCNc1cc(NCCOC(N)=O)nc(C(F)(F)F)n1. The first kappa shape index (κ1) is 15.8. The third-order valence-corrected chi connectivity index (χ3v) is 1.99. The van der Waals surface area contributed by atoms with Gasteiger partial charge in [-0.15, -0.1) is 0 Å². The Balaban J connectivity index is 2.78. The summed E-state index contributed by atoms with van der Waals surface area (Å²) >= 11 is 0. The van der Waals surface area contributed by atoms with Gasteiger partial charge in [-0.2, -0.15) is 13.2 Å². The highest BCUT2D eigenvalue weighted by atomic mass is 19.4. The van der Waals surface area contributed by atoms with Crippen molar-refractivity contribution in [1.29, 1.82) is 0 Å². The number of rotatable bonds is 6. The molecular formula is C10H14F3N5O2. The van der Waals surface area contributed by atoms with Gasteiger partial charge < -0.3 is 21.1 Å². The zero-order valence-corrected chi connectivity index (χ0v) is 10.6. The van der Waals surface area contributed by atoms with Gasteiger partial charge in [-0.1, -0.05) is 0 Å². The van der Waals surface area contributed by atoms with Crippen molar-refractivity contribution in [2.45, 2.75) is 13.1 Å². The van der Waals surface area contributed by atoms with Crippen LogP contribution in [0.2, 0.25) is 0 Å². The summed E-state index contributed by atoms with van der Waals surface area (Å²) in [5.41, 5.74) is 4.74. The number of nitrogens with two attached hydrogens (primary N) is 1. The largest absolute Gasteiger partial charge is 0.451 e. The number of hydrogen-bond acceptors (Lipinski definition) is 6. The van der Waals surface area contributed by atoms with Gasteiger partial charge in [-0.05, 0) is 6.92 Å². The molecule has 0 saturated heterocycles. The number of nitrogens with one attached hydrogen (secondary N) is 2. The van der Waals surface area contributed by atoms with Crippen molar-refractivity contribution in [3.8, 4) is 0 Å². The van der Waals surface area contributed by atoms with Gasteiger partial charge in [-0.3, -0.25) is 0 Å². The number of primary amides is 1. The zero-order chi connectivity index (χ0) is 15.2. The first-order chi connectivity index (χ1) is 9.32. The monoisotopic (exact) mass is 293 g/mol. The van der Waals surface area contributed by atoms with Crippen molar-refractivity contribution < 1.29 is 22.7 Å². The molecule has 0 spiro atoms. The topological polar surface area (TPSA) is 102 Å². The summed E-state index contributed by atoms with van der Waals surface area (Å²) in [7, 11) is 0. The van der Waals surface area contributed by atoms with Gasteiger partial charge in [0.05, 0.1) is 6.54 Å². The lowest BCUT2D eigenvalue weighted by Gasteiger charge is -2.12. The zero-order valence-electron chi connectivity index (χ0n) is 10.6. The Kier molecular flexibility index (Phi) is 5.35. The van der Waals surface area contributed by atoms with E-state index < -0.39 is 18.1 Å². The van der Waals surface area contributed by atoms with E-state index in [0.29, 0.717) is 6.54 Å². The molecule has 0 aliphatic heterocycles. The lowest BCUT2D eigenvalue weighted by molar-refractivity contribution is -0.144. The lowest BCUT2D eigenvalue weighted by atomic mass is 10.4. The van der Waals surface area contributed by atoms with Crippen LogP contribution in [0.3, 0.4) is 0 Å². The minimum Gasteiger partial charge on any atom is -0.448 e. The van der Waals surface area contributed by atoms with Crippen molar-refractivity contribution in [3.05, 3.63) is 11.9 Å². The number of alkyl halides is 3. The molecule has 0 atom stereocenters. The third-order valence-electron chi connectivity index (χ3n) is 1.99. The van der Waals surface area contributed by atoms with Gasteiger partial charge in [0.25, 0.3) is 0 Å². The molecule has 20 heavy (non-hydrogen) atoms. The first-order valence-electron chi connectivity index (χ1n) is 5.69. The minimum absolute atomic E-state index is 0.0312. The second-order valence-electron chi connectivity index (χ2n) is 3.58. The molecule has 1 aromatic heterocycles. The van der Waals surface area contributed by atoms with Crippen LogP contribution in [0.5, 0.6) is 0 Å². The van der Waals surface area contributed by atoms with E-state index >= 15 is 0 Å². The van der Waals surface area contributed by atoms with Crippen LogP contribution < -0.4 is 16.4 Å². The molecule has 1 rings (SSSR count). The fraction of sp³-hybridized carbons (Fsp3) is 0.500. The van der Waals surface area contributed by atoms with Crippen LogP contribution in [0.1, 0.15) is 12.7 Å². The van der Waals surface area contributed by atoms with Crippen LogP contribution in [0.15, 0.2) is 6.07 Å². The van der Waals surface area contributed by atoms with E-state index in [1.807, 2.05) is 0 Å². The van der Waals surface area contributed by atoms with Crippen molar-refractivity contribution in [2.24, 2.45) is 5.73 Å². The average Bonchev–Trinajstić information content (AvgIpc) is 2.33. The molecule has 0 fully saturated rings. The third kappa shape index (κ3) is 5.16. The molecule has 0 saturated carbocycles. The van der Waals surface area contributed by atoms with Crippen LogP contribution in [-0.4, -0.2) is 35.8 Å². The Hall–Kier alpha value is -2.26. The number of halogens is 3. The second kappa shape index (κ2) is 6.78. The van der Waals surface area contributed by atoms with E-state index in [2.05, 4.69) is 25.3 Å². The molecule has 1 heterocycles. The smallest absolute Gasteiger partial charge is 0.448 e. The fourth-order valence-corrected chi connectivity index (χ4v) is 1.27. The number of anilines is 2. The summed E-state index contributed by atoms with van der Waals surface area (Å²) in [5, 5.41) is 5.26. The first-order valence-corrected chi connectivity index (χ1v) is 5.69. The summed E-state index contributed by atoms with van der Waals surface area (Å²) in [6, 6.07) is 1.32. The summed E-state index contributed by atoms with van der Waals surface area (Å²) in [6.45, 7) is 2.13. The van der Waals surface area contributed by atoms with Gasteiger partial charge in [0.1, 0.15) is 18.2 Å². The van der Waals surface area contributed by atoms with Gasteiger partial charge in [0, 0.05) is 12.6 Å². The van der Waals surface area contributed by atoms with Crippen molar-refractivity contribution in [3.63, 3.8) is 0 Å². The molecule has 1 amide bonds. The van der Waals surface area contributed by atoms with Gasteiger partial charge in [0.15, 0.2) is 0 Å². The van der Waals surface area contributed by atoms with Crippen molar-refractivity contribution in [1.82, 2.24) is 9.97 Å².